The summed E-state index contributed by atoms with van der Waals surface area (Å²) < 4.78 is 14.4. The van der Waals surface area contributed by atoms with Crippen LogP contribution in [0.3, 0.4) is 0 Å². The second-order valence-electron chi connectivity index (χ2n) is 2.72. The van der Waals surface area contributed by atoms with Crippen molar-refractivity contribution < 1.29 is 24.1 Å². The third-order valence-corrected chi connectivity index (χ3v) is 1.88. The molecule has 0 aliphatic heterocycles. The van der Waals surface area contributed by atoms with Gasteiger partial charge in [0.2, 0.25) is 5.75 Å². The van der Waals surface area contributed by atoms with Crippen LogP contribution in [-0.2, 0) is 4.74 Å². The van der Waals surface area contributed by atoms with Crippen LogP contribution in [0.5, 0.6) is 17.2 Å². The van der Waals surface area contributed by atoms with Crippen molar-refractivity contribution in [3.63, 3.8) is 0 Å². The maximum atomic E-state index is 11.2. The Balaban J connectivity index is 3.25. The number of esters is 1. The molecule has 0 radical (unpaired) electrons. The van der Waals surface area contributed by atoms with Crippen LogP contribution < -0.4 is 9.47 Å². The van der Waals surface area contributed by atoms with E-state index in [-0.39, 0.29) is 22.8 Å². The van der Waals surface area contributed by atoms with Crippen LogP contribution in [0.15, 0.2) is 12.1 Å². The van der Waals surface area contributed by atoms with E-state index in [2.05, 4.69) is 4.74 Å². The van der Waals surface area contributed by atoms with Crippen molar-refractivity contribution >= 4 is 5.97 Å². The lowest BCUT2D eigenvalue weighted by Gasteiger charge is -2.10. The van der Waals surface area contributed by atoms with E-state index in [4.69, 9.17) is 9.47 Å². The second-order valence-corrected chi connectivity index (χ2v) is 2.72. The maximum Gasteiger partial charge on any atom is 0.338 e. The van der Waals surface area contributed by atoms with Crippen LogP contribution in [-0.4, -0.2) is 32.4 Å². The molecule has 0 atom stereocenters. The van der Waals surface area contributed by atoms with E-state index in [1.165, 1.54) is 33.5 Å². The molecule has 0 saturated carbocycles. The largest absolute Gasteiger partial charge is 0.504 e. The third kappa shape index (κ3) is 2.12. The zero-order valence-corrected chi connectivity index (χ0v) is 8.73. The minimum Gasteiger partial charge on any atom is -0.504 e. The van der Waals surface area contributed by atoms with Crippen LogP contribution in [0.1, 0.15) is 10.4 Å². The second kappa shape index (κ2) is 4.54. The van der Waals surface area contributed by atoms with Crippen LogP contribution in [0, 0.1) is 0 Å². The molecule has 82 valence electrons. The summed E-state index contributed by atoms with van der Waals surface area (Å²) >= 11 is 0. The van der Waals surface area contributed by atoms with Crippen molar-refractivity contribution in [2.45, 2.75) is 0 Å². The molecule has 0 saturated heterocycles. The van der Waals surface area contributed by atoms with Gasteiger partial charge in [-0.25, -0.2) is 4.79 Å². The van der Waals surface area contributed by atoms with Gasteiger partial charge in [-0.1, -0.05) is 0 Å². The number of ether oxygens (including phenoxy) is 3. The zero-order valence-electron chi connectivity index (χ0n) is 8.73. The molecule has 1 aromatic carbocycles. The van der Waals surface area contributed by atoms with Gasteiger partial charge in [-0.05, 0) is 12.1 Å². The first kappa shape index (κ1) is 11.2. The molecule has 0 amide bonds. The highest BCUT2D eigenvalue weighted by Gasteiger charge is 2.15. The van der Waals surface area contributed by atoms with E-state index >= 15 is 0 Å². The Morgan fingerprint density at radius 1 is 1.20 bits per heavy atom. The molecule has 5 heteroatoms. The molecule has 0 aliphatic rings. The Morgan fingerprint density at radius 3 is 2.33 bits per heavy atom. The Morgan fingerprint density at radius 2 is 1.87 bits per heavy atom. The number of phenolic OH excluding ortho intramolecular Hbond substituents is 1. The molecule has 5 nitrogen and oxygen atoms in total. The number of hydrogen-bond donors (Lipinski definition) is 1. The monoisotopic (exact) mass is 212 g/mol. The summed E-state index contributed by atoms with van der Waals surface area (Å²) in [5.74, 6) is -0.258. The number of phenols is 1. The fourth-order valence-corrected chi connectivity index (χ4v) is 1.18. The molecule has 0 heterocycles. The average Bonchev–Trinajstić information content (AvgIpc) is 2.26. The fourth-order valence-electron chi connectivity index (χ4n) is 1.18. The number of hydrogen-bond acceptors (Lipinski definition) is 5. The van der Waals surface area contributed by atoms with Crippen LogP contribution in [0.25, 0.3) is 0 Å². The number of aromatic hydroxyl groups is 1. The van der Waals surface area contributed by atoms with E-state index in [1.54, 1.807) is 0 Å². The highest BCUT2D eigenvalue weighted by atomic mass is 16.5. The van der Waals surface area contributed by atoms with Gasteiger partial charge in [-0.2, -0.15) is 0 Å². The van der Waals surface area contributed by atoms with Gasteiger partial charge < -0.3 is 19.3 Å². The van der Waals surface area contributed by atoms with Gasteiger partial charge in [-0.15, -0.1) is 0 Å². The fraction of sp³-hybridized carbons (Fsp3) is 0.300. The lowest BCUT2D eigenvalue weighted by Crippen LogP contribution is -2.02. The SMILES string of the molecule is COC(=O)c1cc(O)c(OC)c(OC)c1. The summed E-state index contributed by atoms with van der Waals surface area (Å²) in [7, 11) is 4.07. The molecule has 0 unspecified atom stereocenters. The topological polar surface area (TPSA) is 65.0 Å². The van der Waals surface area contributed by atoms with Gasteiger partial charge in [0.25, 0.3) is 0 Å². The van der Waals surface area contributed by atoms with Crippen LogP contribution in [0.4, 0.5) is 0 Å². The molecule has 15 heavy (non-hydrogen) atoms. The summed E-state index contributed by atoms with van der Waals surface area (Å²) in [4.78, 5) is 11.2. The summed E-state index contributed by atoms with van der Waals surface area (Å²) in [5, 5.41) is 9.53. The van der Waals surface area contributed by atoms with E-state index < -0.39 is 5.97 Å². The Hall–Kier alpha value is -1.91. The quantitative estimate of drug-likeness (QED) is 0.762. The molecule has 1 aromatic rings. The van der Waals surface area contributed by atoms with Gasteiger partial charge >= 0.3 is 5.97 Å². The molecule has 0 spiro atoms. The molecular formula is C10H12O5. The Labute approximate surface area is 87.2 Å². The highest BCUT2D eigenvalue weighted by Crippen LogP contribution is 2.37. The predicted octanol–water partition coefficient (Wildman–Crippen LogP) is 1.20. The lowest BCUT2D eigenvalue weighted by atomic mass is 10.2. The smallest absolute Gasteiger partial charge is 0.338 e. The molecule has 0 aliphatic carbocycles. The van der Waals surface area contributed by atoms with Crippen molar-refractivity contribution in [3.05, 3.63) is 17.7 Å². The molecule has 1 N–H and O–H groups in total. The number of carbonyl (C=O) groups is 1. The van der Waals surface area contributed by atoms with Crippen molar-refractivity contribution in [1.82, 2.24) is 0 Å². The zero-order chi connectivity index (χ0) is 11.4. The third-order valence-electron chi connectivity index (χ3n) is 1.88. The van der Waals surface area contributed by atoms with Crippen molar-refractivity contribution in [2.24, 2.45) is 0 Å². The van der Waals surface area contributed by atoms with Gasteiger partial charge in [0.1, 0.15) is 0 Å². The number of rotatable bonds is 3. The first-order chi connectivity index (χ1) is 7.13. The summed E-state index contributed by atoms with van der Waals surface area (Å²) in [6, 6.07) is 2.69. The van der Waals surface area contributed by atoms with Gasteiger partial charge in [-0.3, -0.25) is 0 Å². The van der Waals surface area contributed by atoms with Crippen molar-refractivity contribution in [2.75, 3.05) is 21.3 Å². The summed E-state index contributed by atoms with van der Waals surface area (Å²) in [5.41, 5.74) is 0.202. The van der Waals surface area contributed by atoms with Gasteiger partial charge in [0, 0.05) is 0 Å². The first-order valence-electron chi connectivity index (χ1n) is 4.17. The predicted molar refractivity (Wildman–Crippen MR) is 52.6 cm³/mol. The van der Waals surface area contributed by atoms with Crippen molar-refractivity contribution in [1.29, 1.82) is 0 Å². The van der Waals surface area contributed by atoms with Gasteiger partial charge in [0.05, 0.1) is 26.9 Å². The maximum absolute atomic E-state index is 11.2. The lowest BCUT2D eigenvalue weighted by molar-refractivity contribution is 0.0599. The number of benzene rings is 1. The average molecular weight is 212 g/mol. The molecule has 0 aromatic heterocycles. The highest BCUT2D eigenvalue weighted by molar-refractivity contribution is 5.91. The molecule has 0 bridgehead atoms. The summed E-state index contributed by atoms with van der Waals surface area (Å²) in [6.07, 6.45) is 0. The Bertz CT molecular complexity index is 372. The van der Waals surface area contributed by atoms with E-state index in [0.29, 0.717) is 0 Å². The van der Waals surface area contributed by atoms with Crippen LogP contribution in [0.2, 0.25) is 0 Å². The minimum absolute atomic E-state index is 0.169. The molecular weight excluding hydrogens is 200 g/mol. The van der Waals surface area contributed by atoms with Gasteiger partial charge in [0.15, 0.2) is 11.5 Å². The standard InChI is InChI=1S/C10H12O5/c1-13-8-5-6(10(12)15-3)4-7(11)9(8)14-2/h4-5,11H,1-3H3. The van der Waals surface area contributed by atoms with E-state index in [1.807, 2.05) is 0 Å². The minimum atomic E-state index is -0.550. The first-order valence-corrected chi connectivity index (χ1v) is 4.17. The van der Waals surface area contributed by atoms with E-state index in [9.17, 15) is 9.90 Å². The van der Waals surface area contributed by atoms with E-state index in [0.717, 1.165) is 0 Å². The number of methoxy groups -OCH3 is 3. The van der Waals surface area contributed by atoms with Crippen molar-refractivity contribution in [3.8, 4) is 17.2 Å². The van der Waals surface area contributed by atoms with Crippen LogP contribution >= 0.6 is 0 Å². The summed E-state index contributed by atoms with van der Waals surface area (Å²) in [6.45, 7) is 0. The normalized spacial score (nSPS) is 9.53. The Kier molecular flexibility index (Phi) is 3.38. The number of carbonyl (C=O) groups excluding carboxylic acids is 1. The molecule has 1 rings (SSSR count). The molecule has 0 fully saturated rings.